The molecule has 1 N–H and O–H groups in total. The van der Waals surface area contributed by atoms with Crippen molar-refractivity contribution in [2.45, 2.75) is 23.1 Å². The average molecular weight is 402 g/mol. The van der Waals surface area contributed by atoms with Crippen molar-refractivity contribution >= 4 is 34.1 Å². The first-order chi connectivity index (χ1) is 13.2. The highest BCUT2D eigenvalue weighted by molar-refractivity contribution is 8.00. The van der Waals surface area contributed by atoms with Gasteiger partial charge in [0.05, 0.1) is 7.11 Å². The Kier molecular flexibility index (Phi) is 6.67. The number of nitrogens with one attached hydrogen (secondary N) is 1. The van der Waals surface area contributed by atoms with E-state index in [1.165, 1.54) is 16.9 Å². The topological polar surface area (TPSA) is 73.3 Å². The zero-order chi connectivity index (χ0) is 19.1. The number of carbonyl (C=O) groups excluding carboxylic acids is 1. The van der Waals surface area contributed by atoms with E-state index >= 15 is 0 Å². The molecule has 0 aliphatic heterocycles. The van der Waals surface area contributed by atoms with Crippen molar-refractivity contribution in [2.24, 2.45) is 0 Å². The van der Waals surface area contributed by atoms with Crippen molar-refractivity contribution < 1.29 is 14.3 Å². The molecule has 2 aromatic carbocycles. The maximum atomic E-state index is 12.4. The van der Waals surface area contributed by atoms with Gasteiger partial charge in [0.25, 0.3) is 5.91 Å². The van der Waals surface area contributed by atoms with Crippen LogP contribution in [-0.4, -0.2) is 29.3 Å². The Hall–Kier alpha value is -2.58. The van der Waals surface area contributed by atoms with Crippen LogP contribution in [0.3, 0.4) is 0 Å². The molecule has 6 nitrogen and oxygen atoms in total. The Morgan fingerprint density at radius 1 is 1.11 bits per heavy atom. The third kappa shape index (κ3) is 5.45. The van der Waals surface area contributed by atoms with Crippen LogP contribution in [0.2, 0.25) is 0 Å². The average Bonchev–Trinajstić information content (AvgIpc) is 3.15. The van der Waals surface area contributed by atoms with Crippen LogP contribution in [0.15, 0.2) is 58.9 Å². The minimum absolute atomic E-state index is 0.295. The maximum Gasteiger partial charge on any atom is 0.266 e. The molecule has 0 spiro atoms. The summed E-state index contributed by atoms with van der Waals surface area (Å²) in [5.41, 5.74) is 1.21. The number of thioether (sulfide) groups is 1. The summed E-state index contributed by atoms with van der Waals surface area (Å²) in [5, 5.41) is 11.3. The number of anilines is 1. The van der Waals surface area contributed by atoms with Gasteiger partial charge in [-0.2, -0.15) is 0 Å². The first kappa shape index (κ1) is 19.2. The molecule has 0 saturated heterocycles. The predicted octanol–water partition coefficient (Wildman–Crippen LogP) is 4.25. The van der Waals surface area contributed by atoms with Crippen molar-refractivity contribution in [3.8, 4) is 11.5 Å². The summed E-state index contributed by atoms with van der Waals surface area (Å²) in [5.74, 6) is 1.60. The molecule has 1 aromatic heterocycles. The van der Waals surface area contributed by atoms with Crippen LogP contribution >= 0.6 is 23.1 Å². The zero-order valence-electron chi connectivity index (χ0n) is 14.9. The van der Waals surface area contributed by atoms with Gasteiger partial charge < -0.3 is 9.47 Å². The highest BCUT2D eigenvalue weighted by Gasteiger charge is 2.18. The van der Waals surface area contributed by atoms with Crippen LogP contribution in [0.25, 0.3) is 0 Å². The van der Waals surface area contributed by atoms with Crippen LogP contribution < -0.4 is 14.8 Å². The first-order valence-electron chi connectivity index (χ1n) is 8.26. The summed E-state index contributed by atoms with van der Waals surface area (Å²) in [7, 11) is 1.56. The highest BCUT2D eigenvalue weighted by atomic mass is 32.2. The van der Waals surface area contributed by atoms with Crippen molar-refractivity contribution in [1.29, 1.82) is 0 Å². The second-order valence-electron chi connectivity index (χ2n) is 5.55. The molecule has 1 amide bonds. The van der Waals surface area contributed by atoms with Gasteiger partial charge in [0.2, 0.25) is 5.13 Å². The fourth-order valence-electron chi connectivity index (χ4n) is 2.21. The van der Waals surface area contributed by atoms with Gasteiger partial charge in [0, 0.05) is 5.75 Å². The highest BCUT2D eigenvalue weighted by Crippen LogP contribution is 2.29. The Balaban J connectivity index is 1.54. The molecule has 0 saturated carbocycles. The predicted molar refractivity (Wildman–Crippen MR) is 108 cm³/mol. The molecule has 1 atom stereocenters. The lowest BCUT2D eigenvalue weighted by Gasteiger charge is -2.15. The summed E-state index contributed by atoms with van der Waals surface area (Å²) < 4.78 is 11.7. The normalized spacial score (nSPS) is 11.6. The van der Waals surface area contributed by atoms with Gasteiger partial charge in [-0.05, 0) is 24.6 Å². The lowest BCUT2D eigenvalue weighted by Crippen LogP contribution is -2.30. The number of hydrogen-bond donors (Lipinski definition) is 1. The number of benzene rings is 2. The Labute approximate surface area is 165 Å². The largest absolute Gasteiger partial charge is 0.493 e. The summed E-state index contributed by atoms with van der Waals surface area (Å²) in [4.78, 5) is 12.4. The van der Waals surface area contributed by atoms with E-state index in [2.05, 4.69) is 27.6 Å². The van der Waals surface area contributed by atoms with Gasteiger partial charge in [-0.15, -0.1) is 10.2 Å². The molecule has 1 heterocycles. The molecule has 27 heavy (non-hydrogen) atoms. The second kappa shape index (κ2) is 9.38. The molecule has 0 aliphatic carbocycles. The minimum atomic E-state index is -0.703. The summed E-state index contributed by atoms with van der Waals surface area (Å²) in [6.07, 6.45) is -0.703. The van der Waals surface area contributed by atoms with Crippen molar-refractivity contribution in [3.63, 3.8) is 0 Å². The summed E-state index contributed by atoms with van der Waals surface area (Å²) in [6.45, 7) is 1.67. The van der Waals surface area contributed by atoms with Gasteiger partial charge >= 0.3 is 0 Å². The molecule has 0 fully saturated rings. The van der Waals surface area contributed by atoms with Crippen molar-refractivity contribution in [2.75, 3.05) is 12.4 Å². The third-order valence-electron chi connectivity index (χ3n) is 3.58. The minimum Gasteiger partial charge on any atom is -0.493 e. The second-order valence-corrected chi connectivity index (χ2v) is 7.75. The van der Waals surface area contributed by atoms with E-state index in [9.17, 15) is 4.79 Å². The van der Waals surface area contributed by atoms with Crippen LogP contribution in [0.1, 0.15) is 12.5 Å². The van der Waals surface area contributed by atoms with Crippen molar-refractivity contribution in [3.05, 3.63) is 60.2 Å². The zero-order valence-corrected chi connectivity index (χ0v) is 16.5. The standard InChI is InChI=1S/C19H19N3O3S2/c1-13(25-16-11-7-6-10-15(16)24-2)17(23)20-18-21-22-19(27-18)26-12-14-8-4-3-5-9-14/h3-11,13H,12H2,1-2H3,(H,20,21,23). The van der Waals surface area contributed by atoms with Crippen LogP contribution in [0.5, 0.6) is 11.5 Å². The number of ether oxygens (including phenoxy) is 2. The molecular formula is C19H19N3O3S2. The molecule has 1 unspecified atom stereocenters. The van der Waals surface area contributed by atoms with Crippen molar-refractivity contribution in [1.82, 2.24) is 10.2 Å². The van der Waals surface area contributed by atoms with Gasteiger partial charge in [-0.3, -0.25) is 10.1 Å². The van der Waals surface area contributed by atoms with Crippen LogP contribution in [0.4, 0.5) is 5.13 Å². The number of para-hydroxylation sites is 2. The van der Waals surface area contributed by atoms with Gasteiger partial charge in [-0.1, -0.05) is 65.6 Å². The molecular weight excluding hydrogens is 382 g/mol. The van der Waals surface area contributed by atoms with E-state index in [0.29, 0.717) is 16.6 Å². The van der Waals surface area contributed by atoms with Crippen LogP contribution in [-0.2, 0) is 10.5 Å². The molecule has 3 rings (SSSR count). The number of carbonyl (C=O) groups is 1. The quantitative estimate of drug-likeness (QED) is 0.449. The SMILES string of the molecule is COc1ccccc1OC(C)C(=O)Nc1nnc(SCc2ccccc2)s1. The number of hydrogen-bond acceptors (Lipinski definition) is 7. The van der Waals surface area contributed by atoms with E-state index in [1.54, 1.807) is 37.9 Å². The maximum absolute atomic E-state index is 12.4. The Morgan fingerprint density at radius 2 is 1.81 bits per heavy atom. The molecule has 140 valence electrons. The van der Waals surface area contributed by atoms with E-state index in [-0.39, 0.29) is 5.91 Å². The molecule has 0 aliphatic rings. The monoisotopic (exact) mass is 401 g/mol. The molecule has 0 bridgehead atoms. The lowest BCUT2D eigenvalue weighted by atomic mass is 10.2. The van der Waals surface area contributed by atoms with Gasteiger partial charge in [0.1, 0.15) is 0 Å². The van der Waals surface area contributed by atoms with E-state index in [4.69, 9.17) is 9.47 Å². The fraction of sp³-hybridized carbons (Fsp3) is 0.211. The van der Waals surface area contributed by atoms with E-state index in [1.807, 2.05) is 30.3 Å². The Morgan fingerprint density at radius 3 is 2.56 bits per heavy atom. The van der Waals surface area contributed by atoms with Gasteiger partial charge in [-0.25, -0.2) is 0 Å². The molecule has 0 radical (unpaired) electrons. The Bertz CT molecular complexity index is 887. The smallest absolute Gasteiger partial charge is 0.266 e. The number of amides is 1. The fourth-order valence-corrected chi connectivity index (χ4v) is 3.92. The van der Waals surface area contributed by atoms with E-state index in [0.717, 1.165) is 10.1 Å². The number of nitrogens with zero attached hydrogens (tertiary/aromatic N) is 2. The summed E-state index contributed by atoms with van der Waals surface area (Å²) >= 11 is 2.92. The lowest BCUT2D eigenvalue weighted by molar-refractivity contribution is -0.122. The first-order valence-corrected chi connectivity index (χ1v) is 10.1. The van der Waals surface area contributed by atoms with Gasteiger partial charge in [0.15, 0.2) is 21.9 Å². The van der Waals surface area contributed by atoms with E-state index < -0.39 is 6.10 Å². The molecule has 3 aromatic rings. The molecule has 8 heteroatoms. The van der Waals surface area contributed by atoms with Crippen LogP contribution in [0, 0.1) is 0 Å². The number of aromatic nitrogens is 2. The third-order valence-corrected chi connectivity index (χ3v) is 5.63. The number of methoxy groups -OCH3 is 1. The number of rotatable bonds is 8. The summed E-state index contributed by atoms with van der Waals surface area (Å²) in [6, 6.07) is 17.3.